The second-order valence-electron chi connectivity index (χ2n) is 9.12. The molecule has 0 atom stereocenters. The molecule has 36 heavy (non-hydrogen) atoms. The standard InChI is InChI=1S/C31H27N5/c1-20-33-21(2)35-30(34-20)36-25-18-14-23(15-19-25)31(22-12-16-24(32-3)17-13-22)28-10-6-4-8-26(28)27-9-5-7-11-29(27)31/h4-19,32H,1-3H3,(H,33,34,35,36). The zero-order valence-electron chi connectivity index (χ0n) is 20.6. The quantitative estimate of drug-likeness (QED) is 0.296. The molecule has 0 unspecified atom stereocenters. The number of benzene rings is 4. The third-order valence-electron chi connectivity index (χ3n) is 6.99. The van der Waals surface area contributed by atoms with Crippen LogP contribution in [0.15, 0.2) is 97.1 Å². The van der Waals surface area contributed by atoms with Crippen LogP contribution in [0.25, 0.3) is 11.1 Å². The maximum atomic E-state index is 4.43. The molecule has 6 rings (SSSR count). The van der Waals surface area contributed by atoms with Crippen molar-refractivity contribution in [2.45, 2.75) is 19.3 Å². The summed E-state index contributed by atoms with van der Waals surface area (Å²) in [5, 5.41) is 6.59. The second kappa shape index (κ2) is 8.61. The van der Waals surface area contributed by atoms with Crippen molar-refractivity contribution in [1.82, 2.24) is 15.0 Å². The summed E-state index contributed by atoms with van der Waals surface area (Å²) in [6.45, 7) is 3.75. The molecule has 2 N–H and O–H groups in total. The smallest absolute Gasteiger partial charge is 0.230 e. The monoisotopic (exact) mass is 469 g/mol. The third kappa shape index (κ3) is 3.43. The van der Waals surface area contributed by atoms with Crippen molar-refractivity contribution in [2.24, 2.45) is 0 Å². The summed E-state index contributed by atoms with van der Waals surface area (Å²) in [4.78, 5) is 13.1. The fourth-order valence-electron chi connectivity index (χ4n) is 5.51. The molecule has 0 amide bonds. The molecule has 1 aliphatic rings. The Kier molecular flexibility index (Phi) is 5.26. The molecule has 0 radical (unpaired) electrons. The van der Waals surface area contributed by atoms with Crippen LogP contribution in [0.1, 0.15) is 33.9 Å². The fraction of sp³-hybridized carbons (Fsp3) is 0.129. The molecular formula is C31H27N5. The van der Waals surface area contributed by atoms with Crippen molar-refractivity contribution in [3.05, 3.63) is 131 Å². The van der Waals surface area contributed by atoms with E-state index in [1.807, 2.05) is 20.9 Å². The highest BCUT2D eigenvalue weighted by Crippen LogP contribution is 2.56. The summed E-state index contributed by atoms with van der Waals surface area (Å²) >= 11 is 0. The van der Waals surface area contributed by atoms with E-state index in [4.69, 9.17) is 0 Å². The number of aryl methyl sites for hydroxylation is 2. The molecule has 0 saturated heterocycles. The van der Waals surface area contributed by atoms with Gasteiger partial charge in [0.25, 0.3) is 0 Å². The third-order valence-corrected chi connectivity index (χ3v) is 6.99. The first-order valence-electron chi connectivity index (χ1n) is 12.1. The topological polar surface area (TPSA) is 62.7 Å². The van der Waals surface area contributed by atoms with E-state index in [9.17, 15) is 0 Å². The highest BCUT2D eigenvalue weighted by Gasteiger charge is 2.45. The number of aromatic nitrogens is 3. The number of rotatable bonds is 5. The van der Waals surface area contributed by atoms with Gasteiger partial charge >= 0.3 is 0 Å². The first-order valence-corrected chi connectivity index (χ1v) is 12.1. The zero-order chi connectivity index (χ0) is 24.7. The molecule has 5 aromatic rings. The summed E-state index contributed by atoms with van der Waals surface area (Å²) in [7, 11) is 1.95. The maximum absolute atomic E-state index is 4.43. The van der Waals surface area contributed by atoms with E-state index in [1.54, 1.807) is 0 Å². The normalized spacial score (nSPS) is 13.1. The van der Waals surface area contributed by atoms with Gasteiger partial charge in [0.2, 0.25) is 5.95 Å². The summed E-state index contributed by atoms with van der Waals surface area (Å²) < 4.78 is 0. The Morgan fingerprint density at radius 2 is 1.03 bits per heavy atom. The number of fused-ring (bicyclic) bond motifs is 3. The van der Waals surface area contributed by atoms with Crippen molar-refractivity contribution in [3.8, 4) is 11.1 Å². The largest absolute Gasteiger partial charge is 0.388 e. The van der Waals surface area contributed by atoms with Crippen molar-refractivity contribution in [1.29, 1.82) is 0 Å². The van der Waals surface area contributed by atoms with Gasteiger partial charge in [0.15, 0.2) is 0 Å². The van der Waals surface area contributed by atoms with Gasteiger partial charge in [-0.1, -0.05) is 72.8 Å². The van der Waals surface area contributed by atoms with Crippen molar-refractivity contribution < 1.29 is 0 Å². The van der Waals surface area contributed by atoms with Gasteiger partial charge in [0, 0.05) is 18.4 Å². The Hall–Kier alpha value is -4.51. The van der Waals surface area contributed by atoms with Gasteiger partial charge in [-0.05, 0) is 71.5 Å². The van der Waals surface area contributed by atoms with Crippen molar-refractivity contribution >= 4 is 17.3 Å². The lowest BCUT2D eigenvalue weighted by atomic mass is 9.67. The lowest BCUT2D eigenvalue weighted by molar-refractivity contribution is 0.768. The van der Waals surface area contributed by atoms with Crippen LogP contribution in [-0.4, -0.2) is 22.0 Å². The van der Waals surface area contributed by atoms with Crippen LogP contribution in [0.2, 0.25) is 0 Å². The minimum atomic E-state index is -0.418. The van der Waals surface area contributed by atoms with Crippen LogP contribution in [-0.2, 0) is 5.41 Å². The summed E-state index contributed by atoms with van der Waals surface area (Å²) in [5.41, 5.74) is 9.22. The lowest BCUT2D eigenvalue weighted by Crippen LogP contribution is -2.28. The molecule has 1 aliphatic carbocycles. The van der Waals surface area contributed by atoms with Crippen LogP contribution in [0.5, 0.6) is 0 Å². The minimum absolute atomic E-state index is 0.418. The molecule has 0 fully saturated rings. The molecule has 0 saturated carbocycles. The van der Waals surface area contributed by atoms with Gasteiger partial charge in [0.05, 0.1) is 5.41 Å². The molecule has 1 heterocycles. The Morgan fingerprint density at radius 3 is 1.53 bits per heavy atom. The number of hydrogen-bond donors (Lipinski definition) is 2. The molecule has 176 valence electrons. The first kappa shape index (κ1) is 22.0. The van der Waals surface area contributed by atoms with E-state index >= 15 is 0 Å². The van der Waals surface area contributed by atoms with E-state index in [0.717, 1.165) is 11.4 Å². The fourth-order valence-corrected chi connectivity index (χ4v) is 5.51. The SMILES string of the molecule is CNc1ccc(C2(c3ccc(Nc4nc(C)nc(C)n4)cc3)c3ccccc3-c3ccccc32)cc1. The molecule has 0 bridgehead atoms. The summed E-state index contributed by atoms with van der Waals surface area (Å²) in [5.74, 6) is 1.95. The average Bonchev–Trinajstić information content (AvgIpc) is 3.20. The minimum Gasteiger partial charge on any atom is -0.388 e. The van der Waals surface area contributed by atoms with Crippen LogP contribution < -0.4 is 10.6 Å². The first-order chi connectivity index (χ1) is 17.6. The molecule has 4 aromatic carbocycles. The van der Waals surface area contributed by atoms with Crippen molar-refractivity contribution in [2.75, 3.05) is 17.7 Å². The van der Waals surface area contributed by atoms with Gasteiger partial charge in [0.1, 0.15) is 11.6 Å². The molecule has 0 spiro atoms. The summed E-state index contributed by atoms with van der Waals surface area (Å²) in [6.07, 6.45) is 0. The highest BCUT2D eigenvalue weighted by atomic mass is 15.2. The maximum Gasteiger partial charge on any atom is 0.230 e. The Bertz CT molecular complexity index is 1490. The van der Waals surface area contributed by atoms with E-state index < -0.39 is 5.41 Å². The Morgan fingerprint density at radius 1 is 0.556 bits per heavy atom. The summed E-state index contributed by atoms with van der Waals surface area (Å²) in [6, 6.07) is 35.0. The van der Waals surface area contributed by atoms with Crippen LogP contribution in [0.4, 0.5) is 17.3 Å². The molecule has 5 heteroatoms. The van der Waals surface area contributed by atoms with Crippen LogP contribution in [0.3, 0.4) is 0 Å². The number of nitrogens with one attached hydrogen (secondary N) is 2. The predicted molar refractivity (Wildman–Crippen MR) is 146 cm³/mol. The van der Waals surface area contributed by atoms with Gasteiger partial charge in [-0.15, -0.1) is 0 Å². The van der Waals surface area contributed by atoms with E-state index in [1.165, 1.54) is 33.4 Å². The number of anilines is 3. The molecule has 5 nitrogen and oxygen atoms in total. The molecular weight excluding hydrogens is 442 g/mol. The number of hydrogen-bond acceptors (Lipinski definition) is 5. The lowest BCUT2D eigenvalue weighted by Gasteiger charge is -2.34. The van der Waals surface area contributed by atoms with E-state index in [0.29, 0.717) is 17.6 Å². The second-order valence-corrected chi connectivity index (χ2v) is 9.12. The van der Waals surface area contributed by atoms with Gasteiger partial charge < -0.3 is 10.6 Å². The number of nitrogens with zero attached hydrogens (tertiary/aromatic N) is 3. The predicted octanol–water partition coefficient (Wildman–Crippen LogP) is 6.64. The zero-order valence-corrected chi connectivity index (χ0v) is 20.6. The van der Waals surface area contributed by atoms with Crippen LogP contribution in [0, 0.1) is 13.8 Å². The van der Waals surface area contributed by atoms with Gasteiger partial charge in [-0.2, -0.15) is 9.97 Å². The van der Waals surface area contributed by atoms with Crippen LogP contribution >= 0.6 is 0 Å². The van der Waals surface area contributed by atoms with E-state index in [-0.39, 0.29) is 0 Å². The Labute approximate surface area is 211 Å². The Balaban J connectivity index is 1.53. The molecule has 0 aliphatic heterocycles. The highest BCUT2D eigenvalue weighted by molar-refractivity contribution is 5.86. The van der Waals surface area contributed by atoms with Gasteiger partial charge in [-0.25, -0.2) is 4.98 Å². The van der Waals surface area contributed by atoms with Crippen molar-refractivity contribution in [3.63, 3.8) is 0 Å². The van der Waals surface area contributed by atoms with E-state index in [2.05, 4.69) is 123 Å². The average molecular weight is 470 g/mol. The van der Waals surface area contributed by atoms with Gasteiger partial charge in [-0.3, -0.25) is 0 Å². The molecule has 1 aromatic heterocycles.